The standard InChI is InChI=1S/C17H23FN2O2/c1-13(2)17(22)20-9-5-8-19(10-11-20)16(21)12-14-6-3-4-7-15(14)18/h3-4,6-7,13H,5,8-12H2,1-2H3. The highest BCUT2D eigenvalue weighted by molar-refractivity contribution is 5.80. The van der Waals surface area contributed by atoms with E-state index in [1.54, 1.807) is 23.1 Å². The number of carbonyl (C=O) groups is 2. The predicted molar refractivity (Wildman–Crippen MR) is 82.7 cm³/mol. The number of nitrogens with zero attached hydrogens (tertiary/aromatic N) is 2. The molecule has 1 aliphatic heterocycles. The van der Waals surface area contributed by atoms with Crippen molar-refractivity contribution < 1.29 is 14.0 Å². The van der Waals surface area contributed by atoms with Crippen molar-refractivity contribution in [3.63, 3.8) is 0 Å². The van der Waals surface area contributed by atoms with Crippen molar-refractivity contribution in [1.82, 2.24) is 9.80 Å². The second kappa shape index (κ2) is 7.38. The van der Waals surface area contributed by atoms with E-state index in [-0.39, 0.29) is 30.0 Å². The number of carbonyl (C=O) groups excluding carboxylic acids is 2. The van der Waals surface area contributed by atoms with Gasteiger partial charge in [0.25, 0.3) is 0 Å². The Bertz CT molecular complexity index is 545. The van der Waals surface area contributed by atoms with Gasteiger partial charge in [-0.15, -0.1) is 0 Å². The molecule has 0 saturated carbocycles. The fraction of sp³-hybridized carbons (Fsp3) is 0.529. The van der Waals surface area contributed by atoms with Crippen LogP contribution in [0.25, 0.3) is 0 Å². The first-order chi connectivity index (χ1) is 10.5. The Morgan fingerprint density at radius 2 is 1.73 bits per heavy atom. The summed E-state index contributed by atoms with van der Waals surface area (Å²) in [6.07, 6.45) is 0.840. The van der Waals surface area contributed by atoms with Gasteiger partial charge in [-0.2, -0.15) is 0 Å². The summed E-state index contributed by atoms with van der Waals surface area (Å²) in [6.45, 7) is 6.14. The molecule has 120 valence electrons. The lowest BCUT2D eigenvalue weighted by Crippen LogP contribution is -2.39. The van der Waals surface area contributed by atoms with Gasteiger partial charge in [-0.3, -0.25) is 9.59 Å². The number of rotatable bonds is 3. The first kappa shape index (κ1) is 16.5. The predicted octanol–water partition coefficient (Wildman–Crippen LogP) is 2.09. The molecule has 1 aliphatic rings. The maximum absolute atomic E-state index is 13.6. The van der Waals surface area contributed by atoms with Crippen molar-refractivity contribution in [3.05, 3.63) is 35.6 Å². The van der Waals surface area contributed by atoms with E-state index in [1.165, 1.54) is 6.07 Å². The molecule has 0 atom stereocenters. The van der Waals surface area contributed by atoms with Crippen molar-refractivity contribution in [2.45, 2.75) is 26.7 Å². The van der Waals surface area contributed by atoms with Gasteiger partial charge < -0.3 is 9.80 Å². The van der Waals surface area contributed by atoms with Crippen molar-refractivity contribution in [3.8, 4) is 0 Å². The lowest BCUT2D eigenvalue weighted by atomic mass is 10.1. The van der Waals surface area contributed by atoms with E-state index in [0.717, 1.165) is 6.42 Å². The van der Waals surface area contributed by atoms with Crippen LogP contribution in [0.5, 0.6) is 0 Å². The molecular formula is C17H23FN2O2. The van der Waals surface area contributed by atoms with Crippen molar-refractivity contribution >= 4 is 11.8 Å². The van der Waals surface area contributed by atoms with Crippen molar-refractivity contribution in [2.75, 3.05) is 26.2 Å². The highest BCUT2D eigenvalue weighted by atomic mass is 19.1. The monoisotopic (exact) mass is 306 g/mol. The van der Waals surface area contributed by atoms with Gasteiger partial charge in [-0.25, -0.2) is 4.39 Å². The molecule has 2 amide bonds. The molecule has 0 aromatic heterocycles. The average Bonchev–Trinajstić information content (AvgIpc) is 2.74. The summed E-state index contributed by atoms with van der Waals surface area (Å²) in [5.41, 5.74) is 0.423. The summed E-state index contributed by atoms with van der Waals surface area (Å²) in [7, 11) is 0. The lowest BCUT2D eigenvalue weighted by molar-refractivity contribution is -0.135. The maximum atomic E-state index is 13.6. The van der Waals surface area contributed by atoms with Crippen LogP contribution in [0.2, 0.25) is 0 Å². The minimum absolute atomic E-state index is 0.0272. The zero-order valence-electron chi connectivity index (χ0n) is 13.2. The summed E-state index contributed by atoms with van der Waals surface area (Å²) in [4.78, 5) is 27.9. The fourth-order valence-electron chi connectivity index (χ4n) is 2.67. The van der Waals surface area contributed by atoms with Gasteiger partial charge in [0.1, 0.15) is 5.82 Å². The van der Waals surface area contributed by atoms with E-state index in [2.05, 4.69) is 0 Å². The molecule has 0 radical (unpaired) electrons. The topological polar surface area (TPSA) is 40.6 Å². The van der Waals surface area contributed by atoms with Crippen LogP contribution < -0.4 is 0 Å². The molecule has 0 unspecified atom stereocenters. The summed E-state index contributed by atoms with van der Waals surface area (Å²) in [5.74, 6) is -0.324. The SMILES string of the molecule is CC(C)C(=O)N1CCCN(C(=O)Cc2ccccc2F)CC1. The van der Waals surface area contributed by atoms with Gasteiger partial charge in [0, 0.05) is 32.1 Å². The van der Waals surface area contributed by atoms with Gasteiger partial charge in [0.15, 0.2) is 0 Å². The Morgan fingerprint density at radius 3 is 2.41 bits per heavy atom. The molecule has 1 heterocycles. The molecular weight excluding hydrogens is 283 g/mol. The first-order valence-electron chi connectivity index (χ1n) is 7.79. The van der Waals surface area contributed by atoms with Gasteiger partial charge >= 0.3 is 0 Å². The smallest absolute Gasteiger partial charge is 0.227 e. The minimum Gasteiger partial charge on any atom is -0.341 e. The molecule has 1 aromatic rings. The molecule has 5 heteroatoms. The molecule has 1 fully saturated rings. The normalized spacial score (nSPS) is 15.8. The number of benzene rings is 1. The van der Waals surface area contributed by atoms with Gasteiger partial charge in [0.05, 0.1) is 6.42 Å². The molecule has 4 nitrogen and oxygen atoms in total. The Kier molecular flexibility index (Phi) is 5.52. The van der Waals surface area contributed by atoms with Crippen LogP contribution in [0.15, 0.2) is 24.3 Å². The molecule has 0 aliphatic carbocycles. The van der Waals surface area contributed by atoms with Crippen LogP contribution in [0.4, 0.5) is 4.39 Å². The molecule has 0 bridgehead atoms. The maximum Gasteiger partial charge on any atom is 0.227 e. The van der Waals surface area contributed by atoms with Crippen LogP contribution >= 0.6 is 0 Å². The third-order valence-electron chi connectivity index (χ3n) is 3.95. The molecule has 0 spiro atoms. The Balaban J connectivity index is 1.95. The fourth-order valence-corrected chi connectivity index (χ4v) is 2.67. The molecule has 2 rings (SSSR count). The van der Waals surface area contributed by atoms with E-state index in [1.807, 2.05) is 18.7 Å². The zero-order valence-corrected chi connectivity index (χ0v) is 13.2. The average molecular weight is 306 g/mol. The van der Waals surface area contributed by atoms with Gasteiger partial charge in [-0.1, -0.05) is 32.0 Å². The third kappa shape index (κ3) is 4.06. The van der Waals surface area contributed by atoms with Gasteiger partial charge in [0.2, 0.25) is 11.8 Å². The zero-order chi connectivity index (χ0) is 16.1. The largest absolute Gasteiger partial charge is 0.341 e. The highest BCUT2D eigenvalue weighted by Crippen LogP contribution is 2.12. The molecule has 1 saturated heterocycles. The Hall–Kier alpha value is -1.91. The van der Waals surface area contributed by atoms with E-state index >= 15 is 0 Å². The van der Waals surface area contributed by atoms with Crippen molar-refractivity contribution in [2.24, 2.45) is 5.92 Å². The number of amides is 2. The summed E-state index contributed by atoms with van der Waals surface area (Å²) < 4.78 is 13.6. The van der Waals surface area contributed by atoms with E-state index in [4.69, 9.17) is 0 Å². The Morgan fingerprint density at radius 1 is 1.09 bits per heavy atom. The highest BCUT2D eigenvalue weighted by Gasteiger charge is 2.23. The minimum atomic E-state index is -0.345. The Labute approximate surface area is 130 Å². The van der Waals surface area contributed by atoms with E-state index in [9.17, 15) is 14.0 Å². The second-order valence-electron chi connectivity index (χ2n) is 5.98. The van der Waals surface area contributed by atoms with Crippen LogP contribution in [0.1, 0.15) is 25.8 Å². The molecule has 1 aromatic carbocycles. The van der Waals surface area contributed by atoms with Crippen LogP contribution in [0, 0.1) is 11.7 Å². The number of hydrogen-bond acceptors (Lipinski definition) is 2. The molecule has 0 N–H and O–H groups in total. The van der Waals surface area contributed by atoms with Crippen LogP contribution in [-0.4, -0.2) is 47.8 Å². The van der Waals surface area contributed by atoms with E-state index in [0.29, 0.717) is 31.7 Å². The lowest BCUT2D eigenvalue weighted by Gasteiger charge is -2.23. The summed E-state index contributed by atoms with van der Waals surface area (Å²) in [5, 5.41) is 0. The third-order valence-corrected chi connectivity index (χ3v) is 3.95. The first-order valence-corrected chi connectivity index (χ1v) is 7.79. The second-order valence-corrected chi connectivity index (χ2v) is 5.98. The van der Waals surface area contributed by atoms with Gasteiger partial charge in [-0.05, 0) is 18.1 Å². The molecule has 22 heavy (non-hydrogen) atoms. The van der Waals surface area contributed by atoms with Crippen molar-refractivity contribution in [1.29, 1.82) is 0 Å². The number of hydrogen-bond donors (Lipinski definition) is 0. The summed E-state index contributed by atoms with van der Waals surface area (Å²) >= 11 is 0. The van der Waals surface area contributed by atoms with Crippen LogP contribution in [0.3, 0.4) is 0 Å². The quantitative estimate of drug-likeness (QED) is 0.858. The van der Waals surface area contributed by atoms with E-state index < -0.39 is 0 Å². The number of halogens is 1. The van der Waals surface area contributed by atoms with Crippen LogP contribution in [-0.2, 0) is 16.0 Å². The summed E-state index contributed by atoms with van der Waals surface area (Å²) in [6, 6.07) is 6.36.